The van der Waals surface area contributed by atoms with Gasteiger partial charge in [-0.15, -0.1) is 24.8 Å². The molecule has 2 rings (SSSR count). The van der Waals surface area contributed by atoms with Crippen LogP contribution in [0.2, 0.25) is 0 Å². The van der Waals surface area contributed by atoms with Gasteiger partial charge in [-0.3, -0.25) is 4.79 Å². The Kier molecular flexibility index (Phi) is 11.4. The van der Waals surface area contributed by atoms with E-state index in [1.165, 1.54) is 25.7 Å². The molecule has 0 aliphatic carbocycles. The molecular formula is C15H32Cl2N4O. The van der Waals surface area contributed by atoms with Gasteiger partial charge in [-0.1, -0.05) is 6.42 Å². The third-order valence-electron chi connectivity index (χ3n) is 4.64. The highest BCUT2D eigenvalue weighted by atomic mass is 35.5. The van der Waals surface area contributed by atoms with Crippen LogP contribution >= 0.6 is 24.8 Å². The molecule has 5 nitrogen and oxygen atoms in total. The highest BCUT2D eigenvalue weighted by Gasteiger charge is 2.22. The number of piperidine rings is 2. The van der Waals surface area contributed by atoms with Gasteiger partial charge in [-0.05, 0) is 59.4 Å². The minimum absolute atomic E-state index is 0. The van der Waals surface area contributed by atoms with Crippen LogP contribution in [0.25, 0.3) is 0 Å². The van der Waals surface area contributed by atoms with E-state index < -0.39 is 0 Å². The number of carbonyl (C=O) groups is 1. The maximum Gasteiger partial charge on any atom is 0.237 e. The van der Waals surface area contributed by atoms with Crippen LogP contribution < -0.4 is 10.6 Å². The van der Waals surface area contributed by atoms with Crippen LogP contribution in [-0.4, -0.2) is 74.6 Å². The first-order chi connectivity index (χ1) is 9.66. The topological polar surface area (TPSA) is 47.6 Å². The van der Waals surface area contributed by atoms with E-state index in [1.807, 2.05) is 0 Å². The van der Waals surface area contributed by atoms with Crippen molar-refractivity contribution in [2.24, 2.45) is 0 Å². The van der Waals surface area contributed by atoms with Crippen LogP contribution in [0.5, 0.6) is 0 Å². The molecule has 132 valence electrons. The minimum Gasteiger partial charge on any atom is -0.353 e. The first kappa shape index (κ1) is 21.9. The van der Waals surface area contributed by atoms with Gasteiger partial charge in [0.1, 0.15) is 0 Å². The summed E-state index contributed by atoms with van der Waals surface area (Å²) in [6, 6.07) is 0.774. The van der Waals surface area contributed by atoms with Crippen LogP contribution in [0, 0.1) is 0 Å². The maximum atomic E-state index is 12.0. The standard InChI is InChI=1S/C15H30N4O.2ClH/c1-18(2)13-6-10-19(11-7-13)12-9-17-15(20)14-5-3-4-8-16-14;;/h13-14,16H,3-12H2,1-2H3,(H,17,20);2*1H/t14-;;/m1../s1. The van der Waals surface area contributed by atoms with Gasteiger partial charge in [-0.25, -0.2) is 0 Å². The third-order valence-corrected chi connectivity index (χ3v) is 4.64. The number of rotatable bonds is 5. The molecule has 2 fully saturated rings. The van der Waals surface area contributed by atoms with Crippen molar-refractivity contribution < 1.29 is 4.79 Å². The molecule has 0 unspecified atom stereocenters. The van der Waals surface area contributed by atoms with Crippen molar-refractivity contribution in [3.8, 4) is 0 Å². The quantitative estimate of drug-likeness (QED) is 0.776. The van der Waals surface area contributed by atoms with Crippen LogP contribution in [0.3, 0.4) is 0 Å². The number of halogens is 2. The molecule has 0 bridgehead atoms. The van der Waals surface area contributed by atoms with E-state index >= 15 is 0 Å². The summed E-state index contributed by atoms with van der Waals surface area (Å²) in [7, 11) is 4.33. The second-order valence-corrected chi connectivity index (χ2v) is 6.33. The normalized spacial score (nSPS) is 23.5. The van der Waals surface area contributed by atoms with Gasteiger partial charge in [-0.2, -0.15) is 0 Å². The molecule has 0 saturated carbocycles. The Hall–Kier alpha value is -0.0700. The fourth-order valence-corrected chi connectivity index (χ4v) is 3.20. The average Bonchev–Trinajstić information content (AvgIpc) is 2.48. The molecule has 2 N–H and O–H groups in total. The number of likely N-dealkylation sites (tertiary alicyclic amines) is 1. The van der Waals surface area contributed by atoms with Crippen LogP contribution in [0.1, 0.15) is 32.1 Å². The second kappa shape index (κ2) is 11.5. The predicted octanol–water partition coefficient (Wildman–Crippen LogP) is 1.11. The Bertz CT molecular complexity index is 304. The van der Waals surface area contributed by atoms with Crippen molar-refractivity contribution >= 4 is 30.7 Å². The van der Waals surface area contributed by atoms with Gasteiger partial charge >= 0.3 is 0 Å². The molecule has 2 heterocycles. The molecule has 0 radical (unpaired) electrons. The summed E-state index contributed by atoms with van der Waals surface area (Å²) >= 11 is 0. The van der Waals surface area contributed by atoms with Crippen molar-refractivity contribution in [1.29, 1.82) is 0 Å². The molecule has 2 aliphatic rings. The summed E-state index contributed by atoms with van der Waals surface area (Å²) in [5.41, 5.74) is 0. The smallest absolute Gasteiger partial charge is 0.237 e. The summed E-state index contributed by atoms with van der Waals surface area (Å²) in [6.07, 6.45) is 5.84. The Morgan fingerprint density at radius 3 is 2.41 bits per heavy atom. The zero-order valence-corrected chi connectivity index (χ0v) is 15.5. The van der Waals surface area contributed by atoms with Crippen LogP contribution in [0.4, 0.5) is 0 Å². The van der Waals surface area contributed by atoms with Crippen molar-refractivity contribution in [3.05, 3.63) is 0 Å². The van der Waals surface area contributed by atoms with E-state index in [1.54, 1.807) is 0 Å². The largest absolute Gasteiger partial charge is 0.353 e. The molecule has 22 heavy (non-hydrogen) atoms. The Morgan fingerprint density at radius 2 is 1.86 bits per heavy atom. The number of hydrogen-bond acceptors (Lipinski definition) is 4. The van der Waals surface area contributed by atoms with Crippen molar-refractivity contribution in [3.63, 3.8) is 0 Å². The van der Waals surface area contributed by atoms with Crippen molar-refractivity contribution in [2.75, 3.05) is 46.8 Å². The predicted molar refractivity (Wildman–Crippen MR) is 96.3 cm³/mol. The molecule has 0 aromatic heterocycles. The van der Waals surface area contributed by atoms with Crippen molar-refractivity contribution in [1.82, 2.24) is 20.4 Å². The Labute approximate surface area is 147 Å². The summed E-state index contributed by atoms with van der Waals surface area (Å²) in [4.78, 5) is 16.8. The first-order valence-corrected chi connectivity index (χ1v) is 8.06. The number of nitrogens with zero attached hydrogens (tertiary/aromatic N) is 2. The van der Waals surface area contributed by atoms with E-state index in [0.717, 1.165) is 45.2 Å². The van der Waals surface area contributed by atoms with E-state index in [2.05, 4.69) is 34.5 Å². The minimum atomic E-state index is 0. The van der Waals surface area contributed by atoms with Crippen LogP contribution in [0.15, 0.2) is 0 Å². The zero-order valence-electron chi connectivity index (χ0n) is 13.8. The summed E-state index contributed by atoms with van der Waals surface area (Å²) < 4.78 is 0. The van der Waals surface area contributed by atoms with Gasteiger partial charge in [0, 0.05) is 19.1 Å². The number of nitrogens with one attached hydrogen (secondary N) is 2. The second-order valence-electron chi connectivity index (χ2n) is 6.33. The molecule has 1 amide bonds. The molecule has 0 aromatic rings. The number of carbonyl (C=O) groups excluding carboxylic acids is 1. The number of hydrogen-bond donors (Lipinski definition) is 2. The summed E-state index contributed by atoms with van der Waals surface area (Å²) in [5, 5.41) is 6.37. The summed E-state index contributed by atoms with van der Waals surface area (Å²) in [5.74, 6) is 0.188. The lowest BCUT2D eigenvalue weighted by molar-refractivity contribution is -0.123. The molecule has 1 atom stereocenters. The molecule has 0 aromatic carbocycles. The number of amides is 1. The molecule has 7 heteroatoms. The van der Waals surface area contributed by atoms with E-state index in [0.29, 0.717) is 0 Å². The van der Waals surface area contributed by atoms with Gasteiger partial charge < -0.3 is 20.4 Å². The van der Waals surface area contributed by atoms with E-state index in [9.17, 15) is 4.79 Å². The lowest BCUT2D eigenvalue weighted by Gasteiger charge is -2.35. The Morgan fingerprint density at radius 1 is 1.18 bits per heavy atom. The highest BCUT2D eigenvalue weighted by molar-refractivity contribution is 5.85. The lowest BCUT2D eigenvalue weighted by Crippen LogP contribution is -2.49. The van der Waals surface area contributed by atoms with Gasteiger partial charge in [0.2, 0.25) is 5.91 Å². The monoisotopic (exact) mass is 354 g/mol. The van der Waals surface area contributed by atoms with Gasteiger partial charge in [0.15, 0.2) is 0 Å². The first-order valence-electron chi connectivity index (χ1n) is 8.06. The van der Waals surface area contributed by atoms with Crippen LogP contribution in [-0.2, 0) is 4.79 Å². The molecule has 2 saturated heterocycles. The SMILES string of the molecule is CN(C)C1CCN(CCNC(=O)[C@H]2CCCCN2)CC1.Cl.Cl. The average molecular weight is 355 g/mol. The summed E-state index contributed by atoms with van der Waals surface area (Å²) in [6.45, 7) is 5.05. The lowest BCUT2D eigenvalue weighted by atomic mass is 10.0. The van der Waals surface area contributed by atoms with E-state index in [-0.39, 0.29) is 36.8 Å². The maximum absolute atomic E-state index is 12.0. The molecule has 0 spiro atoms. The fraction of sp³-hybridized carbons (Fsp3) is 0.933. The molecular weight excluding hydrogens is 323 g/mol. The molecule has 2 aliphatic heterocycles. The van der Waals surface area contributed by atoms with E-state index in [4.69, 9.17) is 0 Å². The zero-order chi connectivity index (χ0) is 14.4. The Balaban J connectivity index is 0.00000220. The van der Waals surface area contributed by atoms with Crippen molar-refractivity contribution in [2.45, 2.75) is 44.2 Å². The van der Waals surface area contributed by atoms with Gasteiger partial charge in [0.25, 0.3) is 0 Å². The highest BCUT2D eigenvalue weighted by Crippen LogP contribution is 2.13. The van der Waals surface area contributed by atoms with Gasteiger partial charge in [0.05, 0.1) is 6.04 Å². The fourth-order valence-electron chi connectivity index (χ4n) is 3.20. The third kappa shape index (κ3) is 7.01.